The largest absolute Gasteiger partial charge is 0.416 e. The Labute approximate surface area is 222 Å². The molecule has 0 bridgehead atoms. The van der Waals surface area contributed by atoms with Crippen molar-refractivity contribution in [3.05, 3.63) is 69.8 Å². The standard InChI is InChI=1S/C25H21F6N5O2S/c26-24(27,28)16-3-2-14(19(7-16)25(29,30)31)10-36-20-4-1-13(5-15(20)9-33-36)6-21-22(38)34-23(39-21)35-11-17(32)8-18(35)12-37/h1-7,9,17-18,37H,8,10-12,32H2/t17-,18?/m1/s1. The number of carbonyl (C=O) groups excluding carboxylic acids is 1. The van der Waals surface area contributed by atoms with E-state index in [2.05, 4.69) is 10.1 Å². The SMILES string of the molecule is N[C@@H]1CC(CO)N(C2=NC(=O)C(=Cc3ccc4c(cnn4Cc4ccc(C(F)(F)F)cc4C(F)(F)F)c3)S2)C1. The topological polar surface area (TPSA) is 96.7 Å². The number of benzene rings is 2. The summed E-state index contributed by atoms with van der Waals surface area (Å²) in [6, 6.07) is 6.13. The number of thioether (sulfide) groups is 1. The van der Waals surface area contributed by atoms with Crippen molar-refractivity contribution in [3.63, 3.8) is 0 Å². The fourth-order valence-corrected chi connectivity index (χ4v) is 5.66. The minimum Gasteiger partial charge on any atom is -0.394 e. The Kier molecular flexibility index (Phi) is 6.97. The Balaban J connectivity index is 1.38. The molecule has 1 unspecified atom stereocenters. The predicted octanol–water partition coefficient (Wildman–Crippen LogP) is 4.49. The van der Waals surface area contributed by atoms with Gasteiger partial charge in [0.25, 0.3) is 5.91 Å². The van der Waals surface area contributed by atoms with Crippen LogP contribution in [0.1, 0.15) is 28.7 Å². The molecule has 2 atom stereocenters. The number of aliphatic hydroxyl groups is 1. The first-order chi connectivity index (χ1) is 18.3. The second-order valence-corrected chi connectivity index (χ2v) is 10.3. The Morgan fingerprint density at radius 1 is 1.10 bits per heavy atom. The Hall–Kier alpha value is -3.36. The van der Waals surface area contributed by atoms with Crippen molar-refractivity contribution >= 4 is 39.8 Å². The van der Waals surface area contributed by atoms with Gasteiger partial charge < -0.3 is 15.7 Å². The molecule has 1 aromatic heterocycles. The Morgan fingerprint density at radius 2 is 1.87 bits per heavy atom. The molecule has 2 aliphatic rings. The van der Waals surface area contributed by atoms with Crippen LogP contribution in [0.15, 0.2) is 52.5 Å². The van der Waals surface area contributed by atoms with Gasteiger partial charge in [0.05, 0.1) is 46.9 Å². The molecule has 206 valence electrons. The predicted molar refractivity (Wildman–Crippen MR) is 133 cm³/mol. The highest BCUT2D eigenvalue weighted by atomic mass is 32.2. The number of aliphatic hydroxyl groups excluding tert-OH is 1. The second-order valence-electron chi connectivity index (χ2n) is 9.28. The van der Waals surface area contributed by atoms with Crippen LogP contribution in [0.4, 0.5) is 26.3 Å². The zero-order valence-electron chi connectivity index (χ0n) is 20.0. The third-order valence-corrected chi connectivity index (χ3v) is 7.56. The number of fused-ring (bicyclic) bond motifs is 1. The van der Waals surface area contributed by atoms with Gasteiger partial charge in [-0.05, 0) is 59.7 Å². The molecule has 7 nitrogen and oxygen atoms in total. The molecule has 2 aromatic carbocycles. The number of likely N-dealkylation sites (tertiary alicyclic amines) is 1. The molecule has 0 aliphatic carbocycles. The summed E-state index contributed by atoms with van der Waals surface area (Å²) in [4.78, 5) is 18.8. The highest BCUT2D eigenvalue weighted by Crippen LogP contribution is 2.38. The van der Waals surface area contributed by atoms with Gasteiger partial charge in [-0.1, -0.05) is 12.1 Å². The molecule has 3 heterocycles. The van der Waals surface area contributed by atoms with Gasteiger partial charge in [0, 0.05) is 18.0 Å². The highest BCUT2D eigenvalue weighted by molar-refractivity contribution is 8.18. The number of aromatic nitrogens is 2. The van der Waals surface area contributed by atoms with Crippen molar-refractivity contribution in [2.24, 2.45) is 10.7 Å². The van der Waals surface area contributed by atoms with Crippen LogP contribution in [0.3, 0.4) is 0 Å². The smallest absolute Gasteiger partial charge is 0.394 e. The van der Waals surface area contributed by atoms with Crippen molar-refractivity contribution in [2.45, 2.75) is 37.4 Å². The molecule has 5 rings (SSSR count). The van der Waals surface area contributed by atoms with Crippen LogP contribution < -0.4 is 5.73 Å². The molecular weight excluding hydrogens is 548 g/mol. The lowest BCUT2D eigenvalue weighted by Crippen LogP contribution is -2.36. The normalized spacial score (nSPS) is 21.4. The summed E-state index contributed by atoms with van der Waals surface area (Å²) < 4.78 is 80.9. The molecule has 1 amide bonds. The van der Waals surface area contributed by atoms with E-state index in [1.807, 2.05) is 4.90 Å². The maximum Gasteiger partial charge on any atom is 0.416 e. The first kappa shape index (κ1) is 27.2. The van der Waals surface area contributed by atoms with Gasteiger partial charge in [0.1, 0.15) is 0 Å². The first-order valence-corrected chi connectivity index (χ1v) is 12.5. The average Bonchev–Trinajstić information content (AvgIpc) is 3.54. The molecule has 14 heteroatoms. The fraction of sp³-hybridized carbons (Fsp3) is 0.320. The number of amidine groups is 1. The van der Waals surface area contributed by atoms with Crippen LogP contribution in [0.25, 0.3) is 17.0 Å². The Bertz CT molecular complexity index is 1500. The maximum absolute atomic E-state index is 13.6. The number of carbonyl (C=O) groups is 1. The van der Waals surface area contributed by atoms with E-state index >= 15 is 0 Å². The zero-order chi connectivity index (χ0) is 28.1. The number of rotatable bonds is 4. The van der Waals surface area contributed by atoms with Crippen LogP contribution in [0.2, 0.25) is 0 Å². The van der Waals surface area contributed by atoms with Crippen molar-refractivity contribution in [1.82, 2.24) is 14.7 Å². The molecular formula is C25H21F6N5O2S. The number of hydrogen-bond acceptors (Lipinski definition) is 6. The number of aliphatic imine (C=N–C) groups is 1. The number of halogens is 6. The van der Waals surface area contributed by atoms with E-state index in [-0.39, 0.29) is 30.3 Å². The van der Waals surface area contributed by atoms with Crippen molar-refractivity contribution < 1.29 is 36.2 Å². The van der Waals surface area contributed by atoms with Crippen molar-refractivity contribution in [1.29, 1.82) is 0 Å². The third-order valence-electron chi connectivity index (χ3n) is 6.54. The van der Waals surface area contributed by atoms with Gasteiger partial charge in [0.15, 0.2) is 5.17 Å². The summed E-state index contributed by atoms with van der Waals surface area (Å²) in [6.07, 6.45) is -6.25. The zero-order valence-corrected chi connectivity index (χ0v) is 20.8. The average molecular weight is 570 g/mol. The van der Waals surface area contributed by atoms with Crippen LogP contribution >= 0.6 is 11.8 Å². The molecule has 3 aromatic rings. The fourth-order valence-electron chi connectivity index (χ4n) is 4.67. The molecule has 3 N–H and O–H groups in total. The van der Waals surface area contributed by atoms with Gasteiger partial charge in [-0.25, -0.2) is 0 Å². The van der Waals surface area contributed by atoms with E-state index in [4.69, 9.17) is 5.73 Å². The summed E-state index contributed by atoms with van der Waals surface area (Å²) >= 11 is 1.16. The lowest BCUT2D eigenvalue weighted by atomic mass is 10.0. The molecule has 2 aliphatic heterocycles. The number of nitrogens with two attached hydrogens (primary N) is 1. The molecule has 39 heavy (non-hydrogen) atoms. The molecule has 1 saturated heterocycles. The van der Waals surface area contributed by atoms with E-state index < -0.39 is 35.9 Å². The lowest BCUT2D eigenvalue weighted by Gasteiger charge is -2.23. The Morgan fingerprint density at radius 3 is 2.56 bits per heavy atom. The van der Waals surface area contributed by atoms with Crippen LogP contribution in [0.5, 0.6) is 0 Å². The van der Waals surface area contributed by atoms with Gasteiger partial charge in [-0.2, -0.15) is 36.4 Å². The summed E-state index contributed by atoms with van der Waals surface area (Å²) in [5.74, 6) is -0.440. The van der Waals surface area contributed by atoms with E-state index in [0.29, 0.717) is 45.6 Å². The highest BCUT2D eigenvalue weighted by Gasteiger charge is 2.38. The third kappa shape index (κ3) is 5.54. The van der Waals surface area contributed by atoms with Crippen molar-refractivity contribution in [3.8, 4) is 0 Å². The number of amides is 1. The minimum atomic E-state index is -4.98. The van der Waals surface area contributed by atoms with Gasteiger partial charge in [-0.15, -0.1) is 0 Å². The monoisotopic (exact) mass is 569 g/mol. The van der Waals surface area contributed by atoms with E-state index in [1.165, 1.54) is 10.9 Å². The van der Waals surface area contributed by atoms with Crippen LogP contribution in [0, 0.1) is 0 Å². The van der Waals surface area contributed by atoms with Gasteiger partial charge >= 0.3 is 12.4 Å². The summed E-state index contributed by atoms with van der Waals surface area (Å²) in [5, 5.41) is 14.8. The van der Waals surface area contributed by atoms with E-state index in [0.717, 1.165) is 17.8 Å². The van der Waals surface area contributed by atoms with E-state index in [9.17, 15) is 36.2 Å². The summed E-state index contributed by atoms with van der Waals surface area (Å²) in [6.45, 7) is -0.0394. The molecule has 0 radical (unpaired) electrons. The molecule has 0 spiro atoms. The van der Waals surface area contributed by atoms with Crippen LogP contribution in [-0.2, 0) is 23.7 Å². The maximum atomic E-state index is 13.6. The summed E-state index contributed by atoms with van der Waals surface area (Å²) in [5.41, 5.74) is 3.95. The quantitative estimate of drug-likeness (QED) is 0.355. The second kappa shape index (κ2) is 9.99. The number of hydrogen-bond donors (Lipinski definition) is 2. The minimum absolute atomic E-state index is 0.108. The number of alkyl halides is 6. The summed E-state index contributed by atoms with van der Waals surface area (Å²) in [7, 11) is 0. The van der Waals surface area contributed by atoms with Crippen LogP contribution in [-0.4, -0.2) is 56.1 Å². The van der Waals surface area contributed by atoms with Gasteiger partial charge in [-0.3, -0.25) is 9.48 Å². The molecule has 1 fully saturated rings. The van der Waals surface area contributed by atoms with Gasteiger partial charge in [0.2, 0.25) is 0 Å². The lowest BCUT2D eigenvalue weighted by molar-refractivity contribution is -0.143. The number of nitrogens with zero attached hydrogens (tertiary/aromatic N) is 4. The molecule has 0 saturated carbocycles. The van der Waals surface area contributed by atoms with E-state index in [1.54, 1.807) is 24.3 Å². The first-order valence-electron chi connectivity index (χ1n) is 11.7. The van der Waals surface area contributed by atoms with Crippen molar-refractivity contribution in [2.75, 3.05) is 13.2 Å².